The van der Waals surface area contributed by atoms with Gasteiger partial charge in [0.15, 0.2) is 0 Å². The van der Waals surface area contributed by atoms with Crippen LogP contribution in [0.15, 0.2) is 77.8 Å². The van der Waals surface area contributed by atoms with Crippen LogP contribution in [0, 0.1) is 0 Å². The lowest BCUT2D eigenvalue weighted by molar-refractivity contribution is -0.118. The third-order valence-corrected chi connectivity index (χ3v) is 5.96. The van der Waals surface area contributed by atoms with Crippen molar-refractivity contribution in [3.05, 3.63) is 89.5 Å². The lowest BCUT2D eigenvalue weighted by Gasteiger charge is -2.17. The molecule has 36 heavy (non-hydrogen) atoms. The van der Waals surface area contributed by atoms with Crippen LogP contribution in [-0.2, 0) is 14.3 Å². The van der Waals surface area contributed by atoms with Crippen LogP contribution < -0.4 is 16.0 Å². The summed E-state index contributed by atoms with van der Waals surface area (Å²) in [5, 5.41) is 2.89. The smallest absolute Gasteiger partial charge is 0.338 e. The lowest BCUT2D eigenvalue weighted by Crippen LogP contribution is -2.27. The molecule has 0 fully saturated rings. The van der Waals surface area contributed by atoms with Crippen molar-refractivity contribution >= 4 is 40.6 Å². The van der Waals surface area contributed by atoms with Gasteiger partial charge in [-0.2, -0.15) is 0 Å². The molecular formula is C28H28N4O4. The molecule has 0 saturated heterocycles. The Morgan fingerprint density at radius 2 is 1.75 bits per heavy atom. The summed E-state index contributed by atoms with van der Waals surface area (Å²) < 4.78 is 5.09. The van der Waals surface area contributed by atoms with Crippen molar-refractivity contribution in [2.24, 2.45) is 10.7 Å². The monoisotopic (exact) mass is 484 g/mol. The van der Waals surface area contributed by atoms with Gasteiger partial charge in [0.05, 0.1) is 23.6 Å². The molecule has 3 aromatic rings. The van der Waals surface area contributed by atoms with E-state index in [9.17, 15) is 14.4 Å². The van der Waals surface area contributed by atoms with Gasteiger partial charge in [0.25, 0.3) is 0 Å². The fourth-order valence-electron chi connectivity index (χ4n) is 4.10. The van der Waals surface area contributed by atoms with E-state index in [4.69, 9.17) is 15.5 Å². The minimum Gasteiger partial charge on any atom is -0.462 e. The van der Waals surface area contributed by atoms with Crippen LogP contribution in [0.25, 0.3) is 0 Å². The first-order chi connectivity index (χ1) is 17.4. The number of nitrogens with one attached hydrogen (secondary N) is 1. The van der Waals surface area contributed by atoms with Crippen molar-refractivity contribution < 1.29 is 19.1 Å². The molecule has 8 nitrogen and oxygen atoms in total. The van der Waals surface area contributed by atoms with Crippen LogP contribution in [0.1, 0.15) is 40.7 Å². The largest absolute Gasteiger partial charge is 0.462 e. The van der Waals surface area contributed by atoms with E-state index in [-0.39, 0.29) is 31.4 Å². The van der Waals surface area contributed by atoms with E-state index in [1.807, 2.05) is 54.6 Å². The summed E-state index contributed by atoms with van der Waals surface area (Å²) >= 11 is 0. The predicted octanol–water partition coefficient (Wildman–Crippen LogP) is 4.03. The zero-order valence-corrected chi connectivity index (χ0v) is 20.2. The number of benzene rings is 3. The first-order valence-electron chi connectivity index (χ1n) is 11.8. The fourth-order valence-corrected chi connectivity index (χ4v) is 4.10. The minimum absolute atomic E-state index is 0.0693. The normalized spacial score (nSPS) is 14.7. The summed E-state index contributed by atoms with van der Waals surface area (Å²) in [6.07, 6.45) is 0.267. The standard InChI is InChI=1S/C28H28N4O4/c1-3-36-28(35)19-9-14-22-23(17-19)31-27(34)25(22)26(18-7-5-4-6-8-18)30-20-10-12-21(13-11-20)32(2)24(33)15-16-29/h4-14,17,25H,3,15-16,29H2,1-2H3,(H,31,34). The average molecular weight is 485 g/mol. The Morgan fingerprint density at radius 3 is 2.42 bits per heavy atom. The highest BCUT2D eigenvalue weighted by atomic mass is 16.5. The second kappa shape index (κ2) is 11.0. The second-order valence-corrected chi connectivity index (χ2v) is 8.32. The predicted molar refractivity (Wildman–Crippen MR) is 140 cm³/mol. The van der Waals surface area contributed by atoms with Crippen LogP contribution in [0.3, 0.4) is 0 Å². The number of nitrogens with two attached hydrogens (primary N) is 1. The number of aliphatic imine (C=N–C) groups is 1. The summed E-state index contributed by atoms with van der Waals surface area (Å²) in [7, 11) is 1.70. The molecule has 1 unspecified atom stereocenters. The van der Waals surface area contributed by atoms with Crippen molar-refractivity contribution in [3.63, 3.8) is 0 Å². The third-order valence-electron chi connectivity index (χ3n) is 5.96. The fraction of sp³-hybridized carbons (Fsp3) is 0.214. The van der Waals surface area contributed by atoms with E-state index in [2.05, 4.69) is 5.32 Å². The van der Waals surface area contributed by atoms with Gasteiger partial charge in [-0.05, 0) is 54.4 Å². The van der Waals surface area contributed by atoms with Gasteiger partial charge < -0.3 is 20.7 Å². The Morgan fingerprint density at radius 1 is 1.03 bits per heavy atom. The number of ether oxygens (including phenoxy) is 1. The van der Waals surface area contributed by atoms with Gasteiger partial charge >= 0.3 is 5.97 Å². The van der Waals surface area contributed by atoms with Gasteiger partial charge in [-0.15, -0.1) is 0 Å². The molecule has 0 saturated carbocycles. The minimum atomic E-state index is -0.660. The summed E-state index contributed by atoms with van der Waals surface area (Å²) in [6.45, 7) is 2.30. The van der Waals surface area contributed by atoms with E-state index < -0.39 is 11.9 Å². The SMILES string of the molecule is CCOC(=O)c1ccc2c(c1)NC(=O)C2C(=Nc1ccc(N(C)C(=O)CCN)cc1)c1ccccc1. The van der Waals surface area contributed by atoms with E-state index in [0.717, 1.165) is 16.8 Å². The van der Waals surface area contributed by atoms with Crippen molar-refractivity contribution in [1.82, 2.24) is 0 Å². The third kappa shape index (κ3) is 5.18. The number of anilines is 2. The molecule has 0 aliphatic carbocycles. The van der Waals surface area contributed by atoms with Crippen molar-refractivity contribution in [2.75, 3.05) is 30.4 Å². The maximum atomic E-state index is 13.2. The molecule has 1 aliphatic heterocycles. The summed E-state index contributed by atoms with van der Waals surface area (Å²) in [5.41, 5.74) is 9.92. The molecule has 3 aromatic carbocycles. The molecule has 4 rings (SSSR count). The lowest BCUT2D eigenvalue weighted by atomic mass is 9.90. The topological polar surface area (TPSA) is 114 Å². The first-order valence-corrected chi connectivity index (χ1v) is 11.8. The van der Waals surface area contributed by atoms with Crippen LogP contribution >= 0.6 is 0 Å². The number of hydrogen-bond acceptors (Lipinski definition) is 6. The summed E-state index contributed by atoms with van der Waals surface area (Å²) in [6, 6.07) is 21.8. The van der Waals surface area contributed by atoms with Gasteiger partial charge in [0.2, 0.25) is 11.8 Å². The Bertz CT molecular complexity index is 1300. The van der Waals surface area contributed by atoms with Crippen LogP contribution in [0.2, 0.25) is 0 Å². The molecule has 0 aromatic heterocycles. The number of hydrogen-bond donors (Lipinski definition) is 2. The Kier molecular flexibility index (Phi) is 7.56. The number of nitrogens with zero attached hydrogens (tertiary/aromatic N) is 2. The summed E-state index contributed by atoms with van der Waals surface area (Å²) in [5.74, 6) is -1.39. The van der Waals surface area contributed by atoms with Crippen LogP contribution in [-0.4, -0.2) is 43.7 Å². The van der Waals surface area contributed by atoms with Crippen molar-refractivity contribution in [3.8, 4) is 0 Å². The highest BCUT2D eigenvalue weighted by molar-refractivity contribution is 6.24. The van der Waals surface area contributed by atoms with Crippen LogP contribution in [0.4, 0.5) is 17.1 Å². The number of amides is 2. The van der Waals surface area contributed by atoms with E-state index in [1.165, 1.54) is 0 Å². The Hall–Kier alpha value is -4.30. The second-order valence-electron chi connectivity index (χ2n) is 8.32. The molecule has 3 N–H and O–H groups in total. The highest BCUT2D eigenvalue weighted by Gasteiger charge is 2.36. The van der Waals surface area contributed by atoms with Crippen LogP contribution in [0.5, 0.6) is 0 Å². The van der Waals surface area contributed by atoms with E-state index in [1.54, 1.807) is 37.1 Å². The van der Waals surface area contributed by atoms with Gasteiger partial charge in [-0.25, -0.2) is 4.79 Å². The molecule has 1 aliphatic rings. The Labute approximate surface area is 209 Å². The van der Waals surface area contributed by atoms with Gasteiger partial charge in [-0.1, -0.05) is 36.4 Å². The maximum absolute atomic E-state index is 13.2. The molecule has 1 atom stereocenters. The number of carbonyl (C=O) groups is 3. The number of rotatable bonds is 8. The zero-order chi connectivity index (χ0) is 25.7. The van der Waals surface area contributed by atoms with Crippen molar-refractivity contribution in [2.45, 2.75) is 19.3 Å². The molecule has 0 bridgehead atoms. The average Bonchev–Trinajstić information content (AvgIpc) is 3.22. The van der Waals surface area contributed by atoms with Gasteiger partial charge in [0, 0.05) is 31.4 Å². The molecule has 1 heterocycles. The quantitative estimate of drug-likeness (QED) is 0.370. The van der Waals surface area contributed by atoms with E-state index in [0.29, 0.717) is 22.6 Å². The summed E-state index contributed by atoms with van der Waals surface area (Å²) in [4.78, 5) is 43.9. The number of fused-ring (bicyclic) bond motifs is 1. The van der Waals surface area contributed by atoms with Gasteiger partial charge in [-0.3, -0.25) is 14.6 Å². The van der Waals surface area contributed by atoms with Gasteiger partial charge in [0.1, 0.15) is 5.92 Å². The number of esters is 1. The zero-order valence-electron chi connectivity index (χ0n) is 20.2. The molecule has 184 valence electrons. The molecule has 2 amide bonds. The molecular weight excluding hydrogens is 456 g/mol. The highest BCUT2D eigenvalue weighted by Crippen LogP contribution is 2.37. The molecule has 0 radical (unpaired) electrons. The molecule has 8 heteroatoms. The van der Waals surface area contributed by atoms with Crippen molar-refractivity contribution in [1.29, 1.82) is 0 Å². The molecule has 0 spiro atoms. The first kappa shape index (κ1) is 24.8. The maximum Gasteiger partial charge on any atom is 0.338 e. The Balaban J connectivity index is 1.71. The number of carbonyl (C=O) groups excluding carboxylic acids is 3. The van der Waals surface area contributed by atoms with E-state index >= 15 is 0 Å².